The van der Waals surface area contributed by atoms with Gasteiger partial charge in [-0.05, 0) is 55.8 Å². The topological polar surface area (TPSA) is 70.5 Å². The second kappa shape index (κ2) is 7.66. The maximum absolute atomic E-state index is 13.3. The molecule has 2 aromatic carbocycles. The molecular formula is C22H16ClFN2O3S. The zero-order valence-electron chi connectivity index (χ0n) is 16.0. The highest BCUT2D eigenvalue weighted by molar-refractivity contribution is 7.16. The number of rotatable bonds is 3. The quantitative estimate of drug-likeness (QED) is 0.344. The van der Waals surface area contributed by atoms with Crippen LogP contribution in [0.5, 0.6) is 0 Å². The van der Waals surface area contributed by atoms with Crippen LogP contribution in [-0.4, -0.2) is 21.8 Å². The number of hydrogen-bond acceptors (Lipinski definition) is 5. The van der Waals surface area contributed by atoms with E-state index in [1.165, 1.54) is 40.5 Å². The molecule has 0 spiro atoms. The van der Waals surface area contributed by atoms with Gasteiger partial charge in [-0.2, -0.15) is 0 Å². The van der Waals surface area contributed by atoms with E-state index < -0.39 is 23.5 Å². The summed E-state index contributed by atoms with van der Waals surface area (Å²) in [6, 6.07) is 10.8. The van der Waals surface area contributed by atoms with Gasteiger partial charge in [0.1, 0.15) is 11.6 Å². The van der Waals surface area contributed by atoms with Crippen LogP contribution >= 0.6 is 22.9 Å². The number of carbonyl (C=O) groups is 2. The highest BCUT2D eigenvalue weighted by Gasteiger charge is 2.48. The summed E-state index contributed by atoms with van der Waals surface area (Å²) in [5, 5.41) is 11.8. The molecule has 1 aliphatic rings. The van der Waals surface area contributed by atoms with E-state index in [1.807, 2.05) is 13.8 Å². The maximum Gasteiger partial charge on any atom is 0.301 e. The van der Waals surface area contributed by atoms with Gasteiger partial charge in [-0.3, -0.25) is 14.5 Å². The number of amides is 1. The predicted octanol–water partition coefficient (Wildman–Crippen LogP) is 5.18. The molecule has 0 saturated carbocycles. The minimum Gasteiger partial charge on any atom is -0.507 e. The number of hydrogen-bond donors (Lipinski definition) is 1. The highest BCUT2D eigenvalue weighted by atomic mass is 35.5. The van der Waals surface area contributed by atoms with Gasteiger partial charge in [0.25, 0.3) is 5.78 Å². The number of thiazole rings is 1. The van der Waals surface area contributed by atoms with Crippen molar-refractivity contribution < 1.29 is 19.1 Å². The molecule has 0 aliphatic carbocycles. The van der Waals surface area contributed by atoms with Crippen LogP contribution < -0.4 is 4.90 Å². The van der Waals surface area contributed by atoms with E-state index in [4.69, 9.17) is 11.6 Å². The van der Waals surface area contributed by atoms with E-state index in [-0.39, 0.29) is 16.9 Å². The number of aromatic nitrogens is 1. The molecule has 0 bridgehead atoms. The molecule has 1 amide bonds. The fraction of sp³-hybridized carbons (Fsp3) is 0.136. The van der Waals surface area contributed by atoms with Gasteiger partial charge in [-0.25, -0.2) is 9.37 Å². The van der Waals surface area contributed by atoms with Gasteiger partial charge in [-0.1, -0.05) is 23.7 Å². The molecule has 4 rings (SSSR count). The van der Waals surface area contributed by atoms with Crippen LogP contribution in [0, 0.1) is 19.7 Å². The molecular weight excluding hydrogens is 427 g/mol. The molecule has 152 valence electrons. The molecule has 8 heteroatoms. The fourth-order valence-electron chi connectivity index (χ4n) is 3.31. The van der Waals surface area contributed by atoms with Crippen LogP contribution in [0.3, 0.4) is 0 Å². The number of aliphatic hydroxyl groups excluding tert-OH is 1. The Hall–Kier alpha value is -3.03. The van der Waals surface area contributed by atoms with Crippen LogP contribution in [0.1, 0.15) is 27.7 Å². The number of Topliss-reactive ketones (excluding diaryl/α,β-unsaturated/α-hetero) is 1. The summed E-state index contributed by atoms with van der Waals surface area (Å²) in [5.41, 5.74) is 1.50. The number of nitrogens with zero attached hydrogens (tertiary/aromatic N) is 2. The minimum absolute atomic E-state index is 0.0839. The lowest BCUT2D eigenvalue weighted by atomic mass is 9.95. The van der Waals surface area contributed by atoms with Crippen molar-refractivity contribution in [3.05, 3.63) is 86.6 Å². The summed E-state index contributed by atoms with van der Waals surface area (Å²) in [5.74, 6) is -2.47. The van der Waals surface area contributed by atoms with Crippen LogP contribution in [0.4, 0.5) is 9.52 Å². The number of carbonyl (C=O) groups excluding carboxylic acids is 2. The molecule has 1 fully saturated rings. The third-order valence-electron chi connectivity index (χ3n) is 4.97. The summed E-state index contributed by atoms with van der Waals surface area (Å²) < 4.78 is 13.3. The Morgan fingerprint density at radius 2 is 1.73 bits per heavy atom. The lowest BCUT2D eigenvalue weighted by Crippen LogP contribution is -2.29. The lowest BCUT2D eigenvalue weighted by molar-refractivity contribution is -0.132. The van der Waals surface area contributed by atoms with Crippen molar-refractivity contribution in [2.24, 2.45) is 0 Å². The Kier molecular flexibility index (Phi) is 5.17. The Morgan fingerprint density at radius 1 is 1.10 bits per heavy atom. The summed E-state index contributed by atoms with van der Waals surface area (Å²) in [7, 11) is 0. The standard InChI is InChI=1S/C22H16ClFN2O3S/c1-11-12(2)30-22(25-11)26-18(13-3-7-15(23)8-4-13)17(20(28)21(26)29)19(27)14-5-9-16(24)10-6-14/h3-10,18,27H,1-2H3/t18-/m0/s1. The van der Waals surface area contributed by atoms with Gasteiger partial charge in [0, 0.05) is 15.5 Å². The highest BCUT2D eigenvalue weighted by Crippen LogP contribution is 2.43. The first-order valence-corrected chi connectivity index (χ1v) is 10.2. The molecule has 1 aromatic heterocycles. The second-order valence-electron chi connectivity index (χ2n) is 6.87. The van der Waals surface area contributed by atoms with Crippen molar-refractivity contribution in [2.75, 3.05) is 4.90 Å². The van der Waals surface area contributed by atoms with Crippen molar-refractivity contribution in [1.82, 2.24) is 4.98 Å². The van der Waals surface area contributed by atoms with E-state index in [0.717, 1.165) is 10.6 Å². The Labute approximate surface area is 181 Å². The lowest BCUT2D eigenvalue weighted by Gasteiger charge is -2.23. The van der Waals surface area contributed by atoms with Crippen molar-refractivity contribution in [3.63, 3.8) is 0 Å². The molecule has 1 N–H and O–H groups in total. The molecule has 30 heavy (non-hydrogen) atoms. The zero-order valence-corrected chi connectivity index (χ0v) is 17.6. The van der Waals surface area contributed by atoms with Crippen LogP contribution in [0.25, 0.3) is 5.76 Å². The van der Waals surface area contributed by atoms with Crippen LogP contribution in [0.2, 0.25) is 5.02 Å². The number of anilines is 1. The van der Waals surface area contributed by atoms with Gasteiger partial charge in [0.15, 0.2) is 5.13 Å². The third-order valence-corrected chi connectivity index (χ3v) is 6.30. The zero-order chi connectivity index (χ0) is 21.6. The van der Waals surface area contributed by atoms with Crippen molar-refractivity contribution in [1.29, 1.82) is 0 Å². The summed E-state index contributed by atoms with van der Waals surface area (Å²) in [4.78, 5) is 32.6. The van der Waals surface area contributed by atoms with Gasteiger partial charge in [0.2, 0.25) is 0 Å². The first-order chi connectivity index (χ1) is 14.3. The van der Waals surface area contributed by atoms with Crippen molar-refractivity contribution in [2.45, 2.75) is 19.9 Å². The van der Waals surface area contributed by atoms with Gasteiger partial charge in [0.05, 0.1) is 17.3 Å². The number of aryl methyl sites for hydroxylation is 2. The van der Waals surface area contributed by atoms with E-state index in [9.17, 15) is 19.1 Å². The van der Waals surface area contributed by atoms with Gasteiger partial charge >= 0.3 is 5.91 Å². The van der Waals surface area contributed by atoms with Crippen molar-refractivity contribution in [3.8, 4) is 0 Å². The van der Waals surface area contributed by atoms with Gasteiger partial charge < -0.3 is 5.11 Å². The average Bonchev–Trinajstić information content (AvgIpc) is 3.18. The summed E-state index contributed by atoms with van der Waals surface area (Å²) in [6.07, 6.45) is 0. The van der Waals surface area contributed by atoms with Crippen LogP contribution in [-0.2, 0) is 9.59 Å². The number of halogens is 2. The molecule has 0 unspecified atom stereocenters. The monoisotopic (exact) mass is 442 g/mol. The average molecular weight is 443 g/mol. The third kappa shape index (κ3) is 3.40. The SMILES string of the molecule is Cc1nc(N2C(=O)C(=O)C(=C(O)c3ccc(F)cc3)[C@@H]2c2ccc(Cl)cc2)sc1C. The van der Waals surface area contributed by atoms with E-state index in [1.54, 1.807) is 24.3 Å². The van der Waals surface area contributed by atoms with Crippen molar-refractivity contribution >= 4 is 45.5 Å². The number of ketones is 1. The van der Waals surface area contributed by atoms with E-state index >= 15 is 0 Å². The molecule has 3 aromatic rings. The fourth-order valence-corrected chi connectivity index (χ4v) is 4.37. The first-order valence-electron chi connectivity index (χ1n) is 9.04. The maximum atomic E-state index is 13.3. The van der Waals surface area contributed by atoms with Gasteiger partial charge in [-0.15, -0.1) is 11.3 Å². The smallest absolute Gasteiger partial charge is 0.301 e. The summed E-state index contributed by atoms with van der Waals surface area (Å²) in [6.45, 7) is 3.70. The Bertz CT molecular complexity index is 1170. The molecule has 5 nitrogen and oxygen atoms in total. The number of aliphatic hydroxyl groups is 1. The normalized spacial score (nSPS) is 18.3. The van der Waals surface area contributed by atoms with E-state index in [0.29, 0.717) is 15.7 Å². The Balaban J connectivity index is 1.94. The molecule has 0 radical (unpaired) electrons. The molecule has 1 atom stereocenters. The molecule has 1 aliphatic heterocycles. The minimum atomic E-state index is -0.891. The van der Waals surface area contributed by atoms with E-state index in [2.05, 4.69) is 4.98 Å². The largest absolute Gasteiger partial charge is 0.507 e. The first kappa shape index (κ1) is 20.3. The summed E-state index contributed by atoms with van der Waals surface area (Å²) >= 11 is 7.30. The molecule has 1 saturated heterocycles. The second-order valence-corrected chi connectivity index (χ2v) is 8.48. The number of benzene rings is 2. The predicted molar refractivity (Wildman–Crippen MR) is 114 cm³/mol. The van der Waals surface area contributed by atoms with Crippen LogP contribution in [0.15, 0.2) is 54.1 Å². The molecule has 2 heterocycles. The Morgan fingerprint density at radius 3 is 2.30 bits per heavy atom.